The predicted molar refractivity (Wildman–Crippen MR) is 123 cm³/mol. The van der Waals surface area contributed by atoms with Gasteiger partial charge in [-0.25, -0.2) is 0 Å². The van der Waals surface area contributed by atoms with E-state index in [1.54, 1.807) is 11.0 Å². The first kappa shape index (κ1) is 24.2. The molecule has 0 aromatic heterocycles. The highest BCUT2D eigenvalue weighted by Gasteiger charge is 2.38. The zero-order chi connectivity index (χ0) is 24.1. The highest BCUT2D eigenvalue weighted by molar-refractivity contribution is 5.99. The first-order chi connectivity index (χ1) is 16.5. The monoisotopic (exact) mass is 471 g/mol. The summed E-state index contributed by atoms with van der Waals surface area (Å²) in [6.07, 6.45) is 5.27. The van der Waals surface area contributed by atoms with Crippen LogP contribution in [0.1, 0.15) is 55.3 Å². The van der Waals surface area contributed by atoms with Gasteiger partial charge in [0.25, 0.3) is 17.7 Å². The fourth-order valence-electron chi connectivity index (χ4n) is 5.19. The minimum atomic E-state index is -0.405. The Morgan fingerprint density at radius 2 is 1.71 bits per heavy atom. The lowest BCUT2D eigenvalue weighted by Crippen LogP contribution is -2.58. The average Bonchev–Trinajstić information content (AvgIpc) is 2.84. The van der Waals surface area contributed by atoms with Crippen LogP contribution >= 0.6 is 0 Å². The van der Waals surface area contributed by atoms with Crippen molar-refractivity contribution in [2.24, 2.45) is 0 Å². The minimum Gasteiger partial charge on any atom is -0.493 e. The molecule has 0 aliphatic carbocycles. The van der Waals surface area contributed by atoms with Crippen LogP contribution in [0.4, 0.5) is 0 Å². The second kappa shape index (κ2) is 11.0. The Balaban J connectivity index is 1.51. The van der Waals surface area contributed by atoms with Gasteiger partial charge in [0.2, 0.25) is 5.91 Å². The number of benzene rings is 1. The van der Waals surface area contributed by atoms with Crippen molar-refractivity contribution in [3.63, 3.8) is 0 Å². The van der Waals surface area contributed by atoms with Crippen LogP contribution in [0.5, 0.6) is 5.75 Å². The standard InChI is InChI=1S/C25H33N3O6/c1-26-19-10-7-13-27(22(29)12-14-28-23(30)16-33-17-24(28)31)20(19)9-3-2-6-15-34-21-11-5-4-8-18(21)25(26)32/h4-5,8,11,19-20H,2-3,6-7,9-10,12-17H2,1H3/t19-,20-/m0/s1. The number of morpholine rings is 1. The molecule has 9 nitrogen and oxygen atoms in total. The number of para-hydroxylation sites is 1. The van der Waals surface area contributed by atoms with E-state index >= 15 is 0 Å². The number of imide groups is 1. The summed E-state index contributed by atoms with van der Waals surface area (Å²) in [7, 11) is 1.81. The summed E-state index contributed by atoms with van der Waals surface area (Å²) in [5.41, 5.74) is 0.539. The number of hydrogen-bond donors (Lipinski definition) is 0. The molecule has 2 fully saturated rings. The smallest absolute Gasteiger partial charge is 0.257 e. The molecule has 9 heteroatoms. The van der Waals surface area contributed by atoms with E-state index in [9.17, 15) is 19.2 Å². The van der Waals surface area contributed by atoms with Crippen LogP contribution in [-0.4, -0.2) is 90.4 Å². The summed E-state index contributed by atoms with van der Waals surface area (Å²) < 4.78 is 10.9. The van der Waals surface area contributed by atoms with Gasteiger partial charge >= 0.3 is 0 Å². The van der Waals surface area contributed by atoms with Gasteiger partial charge < -0.3 is 19.3 Å². The van der Waals surface area contributed by atoms with Gasteiger partial charge in [-0.15, -0.1) is 0 Å². The predicted octanol–water partition coefficient (Wildman–Crippen LogP) is 1.85. The van der Waals surface area contributed by atoms with Crippen LogP contribution < -0.4 is 4.74 Å². The summed E-state index contributed by atoms with van der Waals surface area (Å²) in [5, 5.41) is 0. The maximum absolute atomic E-state index is 13.4. The van der Waals surface area contributed by atoms with Crippen LogP contribution in [0.3, 0.4) is 0 Å². The van der Waals surface area contributed by atoms with Crippen LogP contribution in [0.25, 0.3) is 0 Å². The van der Waals surface area contributed by atoms with Crippen molar-refractivity contribution in [2.45, 2.75) is 57.0 Å². The molecule has 0 unspecified atom stereocenters. The molecule has 184 valence electrons. The van der Waals surface area contributed by atoms with Crippen LogP contribution in [0, 0.1) is 0 Å². The summed E-state index contributed by atoms with van der Waals surface area (Å²) in [6.45, 7) is 0.963. The highest BCUT2D eigenvalue weighted by atomic mass is 16.5. The number of carbonyl (C=O) groups excluding carboxylic acids is 4. The minimum absolute atomic E-state index is 0.0627. The molecule has 34 heavy (non-hydrogen) atoms. The molecule has 0 bridgehead atoms. The maximum Gasteiger partial charge on any atom is 0.257 e. The third kappa shape index (κ3) is 5.24. The van der Waals surface area contributed by atoms with Gasteiger partial charge in [0, 0.05) is 26.6 Å². The van der Waals surface area contributed by atoms with Crippen molar-refractivity contribution in [1.82, 2.24) is 14.7 Å². The number of ether oxygens (including phenoxy) is 2. The topological polar surface area (TPSA) is 96.5 Å². The van der Waals surface area contributed by atoms with Crippen molar-refractivity contribution in [1.29, 1.82) is 0 Å². The summed E-state index contributed by atoms with van der Waals surface area (Å²) in [4.78, 5) is 55.5. The lowest BCUT2D eigenvalue weighted by molar-refractivity contribution is -0.158. The Labute approximate surface area is 200 Å². The molecule has 1 aromatic carbocycles. The van der Waals surface area contributed by atoms with Crippen molar-refractivity contribution >= 4 is 23.6 Å². The van der Waals surface area contributed by atoms with Gasteiger partial charge in [0.1, 0.15) is 19.0 Å². The summed E-state index contributed by atoms with van der Waals surface area (Å²) >= 11 is 0. The van der Waals surface area contributed by atoms with Crippen LogP contribution in [0.2, 0.25) is 0 Å². The molecule has 0 N–H and O–H groups in total. The van der Waals surface area contributed by atoms with Gasteiger partial charge in [-0.05, 0) is 44.2 Å². The molecular formula is C25H33N3O6. The van der Waals surface area contributed by atoms with Gasteiger partial charge in [-0.1, -0.05) is 18.6 Å². The van der Waals surface area contributed by atoms with Crippen LogP contribution in [0.15, 0.2) is 24.3 Å². The number of amides is 4. The zero-order valence-electron chi connectivity index (χ0n) is 19.7. The number of piperidine rings is 1. The third-order valence-electron chi connectivity index (χ3n) is 7.00. The SMILES string of the molecule is CN1C(=O)c2ccccc2OCCCCC[C@H]2[C@@H]1CCCN2C(=O)CCN1C(=O)COCC1=O. The van der Waals surface area contributed by atoms with E-state index in [4.69, 9.17) is 9.47 Å². The quantitative estimate of drug-likeness (QED) is 0.625. The van der Waals surface area contributed by atoms with E-state index in [2.05, 4.69) is 0 Å². The van der Waals surface area contributed by atoms with Crippen LogP contribution in [-0.2, 0) is 19.1 Å². The van der Waals surface area contributed by atoms with Gasteiger partial charge in [-0.3, -0.25) is 24.1 Å². The molecule has 1 aromatic rings. The second-order valence-corrected chi connectivity index (χ2v) is 9.16. The molecule has 4 rings (SSSR count). The van der Waals surface area contributed by atoms with Gasteiger partial charge in [-0.2, -0.15) is 0 Å². The lowest BCUT2D eigenvalue weighted by Gasteiger charge is -2.45. The summed E-state index contributed by atoms with van der Waals surface area (Å²) in [5.74, 6) is -0.404. The van der Waals surface area contributed by atoms with E-state index in [1.807, 2.05) is 30.1 Å². The fraction of sp³-hybridized carbons (Fsp3) is 0.600. The van der Waals surface area contributed by atoms with E-state index in [0.717, 1.165) is 43.4 Å². The molecule has 0 saturated carbocycles. The van der Waals surface area contributed by atoms with Gasteiger partial charge in [0.05, 0.1) is 24.3 Å². The number of rotatable bonds is 3. The fourth-order valence-corrected chi connectivity index (χ4v) is 5.19. The van der Waals surface area contributed by atoms with E-state index in [1.165, 1.54) is 0 Å². The zero-order valence-corrected chi connectivity index (χ0v) is 19.7. The molecule has 3 aliphatic rings. The number of hydrogen-bond acceptors (Lipinski definition) is 6. The number of fused-ring (bicyclic) bond motifs is 2. The largest absolute Gasteiger partial charge is 0.493 e. The van der Waals surface area contributed by atoms with Gasteiger partial charge in [0.15, 0.2) is 0 Å². The second-order valence-electron chi connectivity index (χ2n) is 9.16. The Morgan fingerprint density at radius 3 is 2.50 bits per heavy atom. The molecule has 0 radical (unpaired) electrons. The number of likely N-dealkylation sites (tertiary alicyclic amines) is 1. The molecule has 2 saturated heterocycles. The average molecular weight is 472 g/mol. The van der Waals surface area contributed by atoms with Crippen molar-refractivity contribution in [3.8, 4) is 5.75 Å². The molecule has 3 heterocycles. The van der Waals surface area contributed by atoms with E-state index in [-0.39, 0.29) is 50.1 Å². The Bertz CT molecular complexity index is 919. The van der Waals surface area contributed by atoms with Crippen molar-refractivity contribution < 1.29 is 28.7 Å². The number of carbonyl (C=O) groups is 4. The molecule has 0 spiro atoms. The maximum atomic E-state index is 13.4. The third-order valence-corrected chi connectivity index (χ3v) is 7.00. The Hall–Kier alpha value is -2.94. The number of nitrogens with zero attached hydrogens (tertiary/aromatic N) is 3. The molecular weight excluding hydrogens is 438 g/mol. The van der Waals surface area contributed by atoms with Crippen molar-refractivity contribution in [2.75, 3.05) is 40.0 Å². The van der Waals surface area contributed by atoms with E-state index in [0.29, 0.717) is 24.5 Å². The highest BCUT2D eigenvalue weighted by Crippen LogP contribution is 2.30. The molecule has 2 atom stereocenters. The molecule has 4 amide bonds. The van der Waals surface area contributed by atoms with Crippen molar-refractivity contribution in [3.05, 3.63) is 29.8 Å². The summed E-state index contributed by atoms with van der Waals surface area (Å²) in [6, 6.07) is 7.11. The molecule has 3 aliphatic heterocycles. The lowest BCUT2D eigenvalue weighted by atomic mass is 9.89. The number of likely N-dealkylation sites (N-methyl/N-ethyl adjacent to an activating group) is 1. The first-order valence-corrected chi connectivity index (χ1v) is 12.2. The Morgan fingerprint density at radius 1 is 0.971 bits per heavy atom. The first-order valence-electron chi connectivity index (χ1n) is 12.2. The van der Waals surface area contributed by atoms with E-state index < -0.39 is 11.8 Å². The normalized spacial score (nSPS) is 24.5. The Kier molecular flexibility index (Phi) is 7.82.